The Bertz CT molecular complexity index is 856. The Morgan fingerprint density at radius 1 is 1.19 bits per heavy atom. The third-order valence-electron chi connectivity index (χ3n) is 4.06. The molecule has 0 saturated carbocycles. The smallest absolute Gasteiger partial charge is 0.220 e. The van der Waals surface area contributed by atoms with Crippen molar-refractivity contribution in [1.82, 2.24) is 20.3 Å². The summed E-state index contributed by atoms with van der Waals surface area (Å²) in [7, 11) is 0. The van der Waals surface area contributed by atoms with Crippen molar-refractivity contribution in [3.63, 3.8) is 0 Å². The Kier molecular flexibility index (Phi) is 5.76. The summed E-state index contributed by atoms with van der Waals surface area (Å²) in [4.78, 5) is 24.3. The van der Waals surface area contributed by atoms with E-state index < -0.39 is 0 Å². The van der Waals surface area contributed by atoms with Crippen LogP contribution in [0.4, 0.5) is 0 Å². The van der Waals surface area contributed by atoms with Crippen LogP contribution in [0.3, 0.4) is 0 Å². The van der Waals surface area contributed by atoms with Gasteiger partial charge in [-0.2, -0.15) is 0 Å². The fraction of sp³-hybridized carbons (Fsp3) is 0.250. The molecule has 2 aromatic heterocycles. The van der Waals surface area contributed by atoms with Gasteiger partial charge in [-0.05, 0) is 32.0 Å². The van der Waals surface area contributed by atoms with Crippen LogP contribution in [0.15, 0.2) is 48.7 Å². The molecule has 6 heteroatoms. The molecular formula is C20H23N5O. The van der Waals surface area contributed by atoms with E-state index in [2.05, 4.69) is 34.3 Å². The van der Waals surface area contributed by atoms with Gasteiger partial charge in [0.05, 0.1) is 23.6 Å². The highest BCUT2D eigenvalue weighted by molar-refractivity contribution is 5.77. The van der Waals surface area contributed by atoms with Crippen molar-refractivity contribution in [2.45, 2.75) is 26.3 Å². The second kappa shape index (κ2) is 8.40. The third-order valence-corrected chi connectivity index (χ3v) is 4.06. The number of nitrogens with zero attached hydrogens (tertiary/aromatic N) is 2. The molecule has 0 atom stereocenters. The number of hydrogen-bond acceptors (Lipinski definition) is 4. The minimum absolute atomic E-state index is 0.0249. The van der Waals surface area contributed by atoms with Crippen molar-refractivity contribution in [2.75, 3.05) is 6.54 Å². The normalized spacial score (nSPS) is 10.7. The van der Waals surface area contributed by atoms with Gasteiger partial charge in [0.2, 0.25) is 5.91 Å². The molecule has 6 nitrogen and oxygen atoms in total. The molecule has 134 valence electrons. The molecule has 1 amide bonds. The zero-order chi connectivity index (χ0) is 18.4. The Balaban J connectivity index is 1.88. The molecule has 1 aromatic carbocycles. The zero-order valence-corrected chi connectivity index (χ0v) is 14.8. The van der Waals surface area contributed by atoms with E-state index in [1.165, 1.54) is 5.56 Å². The SMILES string of the molecule is Cc1ccc(-c2nc(CNC(=O)CCCN)[nH]c2-c2ccccn2)cc1. The fourth-order valence-electron chi connectivity index (χ4n) is 2.66. The summed E-state index contributed by atoms with van der Waals surface area (Å²) in [6.07, 6.45) is 2.86. The van der Waals surface area contributed by atoms with Crippen LogP contribution in [-0.4, -0.2) is 27.4 Å². The molecule has 0 spiro atoms. The number of hydrogen-bond donors (Lipinski definition) is 3. The second-order valence-corrected chi connectivity index (χ2v) is 6.16. The lowest BCUT2D eigenvalue weighted by Gasteiger charge is -2.02. The minimum atomic E-state index is -0.0249. The standard InChI is InChI=1S/C20H23N5O/c1-14-7-9-15(10-8-14)19-20(16-5-2-3-12-22-16)25-17(24-19)13-23-18(26)6-4-11-21/h2-3,5,7-10,12H,4,6,11,13,21H2,1H3,(H,23,26)(H,24,25). The number of aromatic amines is 1. The first-order valence-corrected chi connectivity index (χ1v) is 8.71. The number of carbonyl (C=O) groups excluding carboxylic acids is 1. The summed E-state index contributed by atoms with van der Waals surface area (Å²) in [5, 5.41) is 2.88. The van der Waals surface area contributed by atoms with Gasteiger partial charge >= 0.3 is 0 Å². The first-order chi connectivity index (χ1) is 12.7. The maximum absolute atomic E-state index is 11.8. The highest BCUT2D eigenvalue weighted by atomic mass is 16.1. The molecule has 0 bridgehead atoms. The second-order valence-electron chi connectivity index (χ2n) is 6.16. The predicted molar refractivity (Wildman–Crippen MR) is 102 cm³/mol. The zero-order valence-electron chi connectivity index (χ0n) is 14.8. The Morgan fingerprint density at radius 3 is 2.69 bits per heavy atom. The van der Waals surface area contributed by atoms with E-state index in [-0.39, 0.29) is 5.91 Å². The number of aromatic nitrogens is 3. The number of H-pyrrole nitrogens is 1. The van der Waals surface area contributed by atoms with E-state index in [9.17, 15) is 4.79 Å². The van der Waals surface area contributed by atoms with E-state index in [1.54, 1.807) is 6.20 Å². The average Bonchev–Trinajstić information content (AvgIpc) is 3.10. The van der Waals surface area contributed by atoms with Crippen LogP contribution in [0.5, 0.6) is 0 Å². The van der Waals surface area contributed by atoms with Gasteiger partial charge in [0.15, 0.2) is 0 Å². The van der Waals surface area contributed by atoms with Crippen molar-refractivity contribution in [2.24, 2.45) is 5.73 Å². The summed E-state index contributed by atoms with van der Waals surface area (Å²) in [5.41, 5.74) is 10.1. The lowest BCUT2D eigenvalue weighted by Crippen LogP contribution is -2.23. The Hall–Kier alpha value is -2.99. The van der Waals surface area contributed by atoms with Crippen LogP contribution in [0.1, 0.15) is 24.2 Å². The molecule has 26 heavy (non-hydrogen) atoms. The van der Waals surface area contributed by atoms with Crippen LogP contribution in [0.2, 0.25) is 0 Å². The molecule has 3 aromatic rings. The van der Waals surface area contributed by atoms with Crippen LogP contribution >= 0.6 is 0 Å². The monoisotopic (exact) mass is 349 g/mol. The highest BCUT2D eigenvalue weighted by Gasteiger charge is 2.15. The summed E-state index contributed by atoms with van der Waals surface area (Å²) >= 11 is 0. The van der Waals surface area contributed by atoms with E-state index >= 15 is 0 Å². The van der Waals surface area contributed by atoms with Gasteiger partial charge < -0.3 is 16.0 Å². The number of nitrogens with one attached hydrogen (secondary N) is 2. The van der Waals surface area contributed by atoms with Gasteiger partial charge in [-0.3, -0.25) is 9.78 Å². The predicted octanol–water partition coefficient (Wildman–Crippen LogP) is 2.80. The van der Waals surface area contributed by atoms with E-state index in [0.29, 0.717) is 31.8 Å². The van der Waals surface area contributed by atoms with Crippen LogP contribution in [0, 0.1) is 6.92 Å². The topological polar surface area (TPSA) is 96.7 Å². The first kappa shape index (κ1) is 17.8. The van der Waals surface area contributed by atoms with Gasteiger partial charge in [-0.25, -0.2) is 4.98 Å². The largest absolute Gasteiger partial charge is 0.349 e. The maximum atomic E-state index is 11.8. The number of carbonyl (C=O) groups is 1. The molecule has 0 aliphatic heterocycles. The van der Waals surface area contributed by atoms with Crippen molar-refractivity contribution in [3.05, 3.63) is 60.0 Å². The molecule has 0 unspecified atom stereocenters. The Morgan fingerprint density at radius 2 is 2.00 bits per heavy atom. The minimum Gasteiger partial charge on any atom is -0.349 e. The van der Waals surface area contributed by atoms with E-state index in [1.807, 2.05) is 30.3 Å². The molecule has 2 heterocycles. The number of benzene rings is 1. The van der Waals surface area contributed by atoms with Crippen LogP contribution in [0.25, 0.3) is 22.6 Å². The lowest BCUT2D eigenvalue weighted by atomic mass is 10.1. The molecule has 0 fully saturated rings. The number of aryl methyl sites for hydroxylation is 1. The van der Waals surface area contributed by atoms with E-state index in [4.69, 9.17) is 10.7 Å². The van der Waals surface area contributed by atoms with Crippen LogP contribution < -0.4 is 11.1 Å². The van der Waals surface area contributed by atoms with Crippen molar-refractivity contribution in [3.8, 4) is 22.6 Å². The van der Waals surface area contributed by atoms with Gasteiger partial charge in [-0.15, -0.1) is 0 Å². The van der Waals surface area contributed by atoms with Gasteiger partial charge in [0.25, 0.3) is 0 Å². The van der Waals surface area contributed by atoms with Crippen molar-refractivity contribution >= 4 is 5.91 Å². The summed E-state index contributed by atoms with van der Waals surface area (Å²) in [6.45, 7) is 2.90. The fourth-order valence-corrected chi connectivity index (χ4v) is 2.66. The first-order valence-electron chi connectivity index (χ1n) is 8.71. The molecule has 0 saturated heterocycles. The number of amides is 1. The number of imidazole rings is 1. The summed E-state index contributed by atoms with van der Waals surface area (Å²) < 4.78 is 0. The quantitative estimate of drug-likeness (QED) is 0.611. The molecule has 0 aliphatic carbocycles. The lowest BCUT2D eigenvalue weighted by molar-refractivity contribution is -0.121. The van der Waals surface area contributed by atoms with Gasteiger partial charge in [0, 0.05) is 18.2 Å². The molecule has 0 aliphatic rings. The number of pyridine rings is 1. The third kappa shape index (κ3) is 4.34. The number of nitrogens with two attached hydrogens (primary N) is 1. The van der Waals surface area contributed by atoms with E-state index in [0.717, 1.165) is 22.6 Å². The highest BCUT2D eigenvalue weighted by Crippen LogP contribution is 2.29. The summed E-state index contributed by atoms with van der Waals surface area (Å²) in [5.74, 6) is 0.672. The molecule has 4 N–H and O–H groups in total. The molecule has 0 radical (unpaired) electrons. The number of rotatable bonds is 7. The Labute approximate surface area is 152 Å². The average molecular weight is 349 g/mol. The van der Waals surface area contributed by atoms with Crippen molar-refractivity contribution in [1.29, 1.82) is 0 Å². The maximum Gasteiger partial charge on any atom is 0.220 e. The van der Waals surface area contributed by atoms with Crippen molar-refractivity contribution < 1.29 is 4.79 Å². The molecular weight excluding hydrogens is 326 g/mol. The van der Waals surface area contributed by atoms with Gasteiger partial charge in [0.1, 0.15) is 5.82 Å². The van der Waals surface area contributed by atoms with Crippen LogP contribution in [-0.2, 0) is 11.3 Å². The van der Waals surface area contributed by atoms with Gasteiger partial charge in [-0.1, -0.05) is 35.9 Å². The molecule has 3 rings (SSSR count). The summed E-state index contributed by atoms with van der Waals surface area (Å²) in [6, 6.07) is 14.0.